The van der Waals surface area contributed by atoms with E-state index in [1.54, 1.807) is 7.11 Å². The topological polar surface area (TPSA) is 93.7 Å². The van der Waals surface area contributed by atoms with Gasteiger partial charge in [-0.3, -0.25) is 4.79 Å². The highest BCUT2D eigenvalue weighted by molar-refractivity contribution is 7.89. The van der Waals surface area contributed by atoms with E-state index >= 15 is 0 Å². The molecule has 0 aliphatic heterocycles. The maximum atomic E-state index is 12.2. The van der Waals surface area contributed by atoms with Crippen molar-refractivity contribution in [3.63, 3.8) is 0 Å². The lowest BCUT2D eigenvalue weighted by Gasteiger charge is -2.09. The highest BCUT2D eigenvalue weighted by Crippen LogP contribution is 2.14. The molecule has 2 rings (SSSR count). The summed E-state index contributed by atoms with van der Waals surface area (Å²) in [6.07, 6.45) is 0. The molecule has 2 aromatic rings. The number of methoxy groups -OCH3 is 1. The van der Waals surface area contributed by atoms with Crippen LogP contribution in [0.5, 0.6) is 5.75 Å². The summed E-state index contributed by atoms with van der Waals surface area (Å²) in [4.78, 5) is 12.3. The standard InChI is InChI=1S/C18H22N2O5S/c1-19-26(22,23)17-8-6-15(7-9-17)18(21)20-13-14-4-3-5-16(12-14)25-11-10-24-2/h3-9,12,19H,10-11,13H2,1-2H3,(H,20,21). The fourth-order valence-corrected chi connectivity index (χ4v) is 2.91. The summed E-state index contributed by atoms with van der Waals surface area (Å²) in [5.74, 6) is 0.416. The zero-order valence-corrected chi connectivity index (χ0v) is 15.5. The van der Waals surface area contributed by atoms with Crippen molar-refractivity contribution in [3.8, 4) is 5.75 Å². The Kier molecular flexibility index (Phi) is 7.14. The third-order valence-electron chi connectivity index (χ3n) is 3.60. The second kappa shape index (κ2) is 9.33. The van der Waals surface area contributed by atoms with Gasteiger partial charge in [0.1, 0.15) is 12.4 Å². The van der Waals surface area contributed by atoms with E-state index in [1.165, 1.54) is 31.3 Å². The predicted octanol–water partition coefficient (Wildman–Crippen LogP) is 1.55. The van der Waals surface area contributed by atoms with Gasteiger partial charge in [-0.05, 0) is 49.0 Å². The first-order chi connectivity index (χ1) is 12.5. The van der Waals surface area contributed by atoms with Crippen LogP contribution >= 0.6 is 0 Å². The zero-order chi connectivity index (χ0) is 19.0. The zero-order valence-electron chi connectivity index (χ0n) is 14.7. The SMILES string of the molecule is CNS(=O)(=O)c1ccc(C(=O)NCc2cccc(OCCOC)c2)cc1. The van der Waals surface area contributed by atoms with Crippen molar-refractivity contribution < 1.29 is 22.7 Å². The summed E-state index contributed by atoms with van der Waals surface area (Å²) in [5, 5.41) is 2.80. The third-order valence-corrected chi connectivity index (χ3v) is 5.03. The lowest BCUT2D eigenvalue weighted by Crippen LogP contribution is -2.23. The molecule has 0 spiro atoms. The Hall–Kier alpha value is -2.42. The van der Waals surface area contributed by atoms with Crippen molar-refractivity contribution in [1.82, 2.24) is 10.0 Å². The van der Waals surface area contributed by atoms with E-state index in [-0.39, 0.29) is 10.8 Å². The third kappa shape index (κ3) is 5.55. The number of ether oxygens (including phenoxy) is 2. The maximum absolute atomic E-state index is 12.2. The van der Waals surface area contributed by atoms with Gasteiger partial charge < -0.3 is 14.8 Å². The molecule has 26 heavy (non-hydrogen) atoms. The number of hydrogen-bond acceptors (Lipinski definition) is 5. The van der Waals surface area contributed by atoms with Crippen molar-refractivity contribution in [2.24, 2.45) is 0 Å². The Morgan fingerprint density at radius 1 is 1.08 bits per heavy atom. The van der Waals surface area contributed by atoms with E-state index < -0.39 is 10.0 Å². The van der Waals surface area contributed by atoms with Crippen molar-refractivity contribution in [2.45, 2.75) is 11.4 Å². The van der Waals surface area contributed by atoms with Crippen LogP contribution in [0.4, 0.5) is 0 Å². The van der Waals surface area contributed by atoms with Gasteiger partial charge in [-0.1, -0.05) is 12.1 Å². The molecule has 0 saturated heterocycles. The van der Waals surface area contributed by atoms with Crippen LogP contribution in [0.1, 0.15) is 15.9 Å². The quantitative estimate of drug-likeness (QED) is 0.646. The molecule has 0 fully saturated rings. The number of amides is 1. The van der Waals surface area contributed by atoms with Crippen molar-refractivity contribution in [1.29, 1.82) is 0 Å². The monoisotopic (exact) mass is 378 g/mol. The first-order valence-electron chi connectivity index (χ1n) is 7.99. The fraction of sp³-hybridized carbons (Fsp3) is 0.278. The molecule has 0 atom stereocenters. The van der Waals surface area contributed by atoms with E-state index in [1.807, 2.05) is 24.3 Å². The highest BCUT2D eigenvalue weighted by Gasteiger charge is 2.12. The van der Waals surface area contributed by atoms with Crippen LogP contribution in [0.3, 0.4) is 0 Å². The van der Waals surface area contributed by atoms with Crippen LogP contribution in [-0.4, -0.2) is 41.7 Å². The summed E-state index contributed by atoms with van der Waals surface area (Å²) >= 11 is 0. The first kappa shape index (κ1) is 19.9. The smallest absolute Gasteiger partial charge is 0.251 e. The Morgan fingerprint density at radius 2 is 1.81 bits per heavy atom. The van der Waals surface area contributed by atoms with Crippen LogP contribution < -0.4 is 14.8 Å². The molecule has 0 aliphatic carbocycles. The van der Waals surface area contributed by atoms with Crippen LogP contribution in [0, 0.1) is 0 Å². The normalized spacial score (nSPS) is 11.2. The number of benzene rings is 2. The number of carbonyl (C=O) groups is 1. The summed E-state index contributed by atoms with van der Waals surface area (Å²) in [7, 11) is -0.571. The van der Waals surface area contributed by atoms with E-state index in [0.717, 1.165) is 5.56 Å². The van der Waals surface area contributed by atoms with Gasteiger partial charge in [0.05, 0.1) is 11.5 Å². The van der Waals surface area contributed by atoms with Crippen LogP contribution in [0.2, 0.25) is 0 Å². The van der Waals surface area contributed by atoms with Gasteiger partial charge in [0.2, 0.25) is 10.0 Å². The van der Waals surface area contributed by atoms with Gasteiger partial charge >= 0.3 is 0 Å². The maximum Gasteiger partial charge on any atom is 0.251 e. The molecule has 1 amide bonds. The van der Waals surface area contributed by atoms with E-state index in [2.05, 4.69) is 10.0 Å². The largest absolute Gasteiger partial charge is 0.491 e. The summed E-state index contributed by atoms with van der Waals surface area (Å²) in [5.41, 5.74) is 1.27. The first-order valence-corrected chi connectivity index (χ1v) is 9.47. The van der Waals surface area contributed by atoms with Crippen molar-refractivity contribution >= 4 is 15.9 Å². The van der Waals surface area contributed by atoms with Crippen LogP contribution in [-0.2, 0) is 21.3 Å². The fourth-order valence-electron chi connectivity index (χ4n) is 2.18. The highest BCUT2D eigenvalue weighted by atomic mass is 32.2. The minimum atomic E-state index is -3.51. The minimum absolute atomic E-state index is 0.109. The van der Waals surface area contributed by atoms with E-state index in [9.17, 15) is 13.2 Å². The summed E-state index contributed by atoms with van der Waals surface area (Å²) < 4.78 is 36.1. The molecule has 0 saturated carbocycles. The van der Waals surface area contributed by atoms with Gasteiger partial charge in [-0.25, -0.2) is 13.1 Å². The number of rotatable bonds is 9. The Labute approximate surface area is 153 Å². The van der Waals surface area contributed by atoms with Crippen molar-refractivity contribution in [2.75, 3.05) is 27.4 Å². The Morgan fingerprint density at radius 3 is 2.46 bits per heavy atom. The molecule has 2 N–H and O–H groups in total. The second-order valence-corrected chi connectivity index (χ2v) is 7.29. The predicted molar refractivity (Wildman–Crippen MR) is 97.7 cm³/mol. The molecule has 8 heteroatoms. The van der Waals surface area contributed by atoms with Gasteiger partial charge in [-0.15, -0.1) is 0 Å². The molecule has 0 radical (unpaired) electrons. The number of hydrogen-bond donors (Lipinski definition) is 2. The molecule has 0 heterocycles. The summed E-state index contributed by atoms with van der Waals surface area (Å²) in [6.45, 7) is 1.28. The Balaban J connectivity index is 1.95. The molecule has 0 aromatic heterocycles. The lowest BCUT2D eigenvalue weighted by atomic mass is 10.2. The van der Waals surface area contributed by atoms with Gasteiger partial charge in [-0.2, -0.15) is 0 Å². The summed E-state index contributed by atoms with van der Waals surface area (Å²) in [6, 6.07) is 13.2. The van der Waals surface area contributed by atoms with Gasteiger partial charge in [0, 0.05) is 19.2 Å². The average molecular weight is 378 g/mol. The molecular formula is C18H22N2O5S. The van der Waals surface area contributed by atoms with E-state index in [0.29, 0.717) is 31.1 Å². The van der Waals surface area contributed by atoms with Crippen LogP contribution in [0.25, 0.3) is 0 Å². The molecule has 0 bridgehead atoms. The van der Waals surface area contributed by atoms with Gasteiger partial charge in [0.25, 0.3) is 5.91 Å². The molecule has 0 unspecified atom stereocenters. The second-order valence-electron chi connectivity index (χ2n) is 5.40. The van der Waals surface area contributed by atoms with Gasteiger partial charge in [0.15, 0.2) is 0 Å². The molecule has 7 nitrogen and oxygen atoms in total. The molecule has 0 aliphatic rings. The molecule has 2 aromatic carbocycles. The average Bonchev–Trinajstić information content (AvgIpc) is 2.67. The number of carbonyl (C=O) groups excluding carboxylic acids is 1. The van der Waals surface area contributed by atoms with Crippen LogP contribution in [0.15, 0.2) is 53.4 Å². The number of nitrogens with one attached hydrogen (secondary N) is 2. The Bertz CT molecular complexity index is 835. The molecule has 140 valence electrons. The van der Waals surface area contributed by atoms with E-state index in [4.69, 9.17) is 9.47 Å². The van der Waals surface area contributed by atoms with Crippen molar-refractivity contribution in [3.05, 3.63) is 59.7 Å². The minimum Gasteiger partial charge on any atom is -0.491 e. The number of sulfonamides is 1. The molecular weight excluding hydrogens is 356 g/mol. The lowest BCUT2D eigenvalue weighted by molar-refractivity contribution is 0.0950.